The first kappa shape index (κ1) is 18.2. The third kappa shape index (κ3) is 2.73. The molecule has 2 aromatic carbocycles. The van der Waals surface area contributed by atoms with Crippen LogP contribution < -0.4 is 0 Å². The first-order valence-corrected chi connectivity index (χ1v) is 11.4. The number of carbonyl (C=O) groups is 1. The zero-order chi connectivity index (χ0) is 20.4. The van der Waals surface area contributed by atoms with Crippen molar-refractivity contribution in [2.45, 2.75) is 44.2 Å². The number of nitrogens with zero attached hydrogens (tertiary/aromatic N) is 2. The first-order chi connectivity index (χ1) is 14.6. The molecule has 2 fully saturated rings. The molecule has 0 spiro atoms. The molecule has 2 N–H and O–H groups in total. The van der Waals surface area contributed by atoms with Crippen LogP contribution in [0.1, 0.15) is 42.3 Å². The van der Waals surface area contributed by atoms with Gasteiger partial charge in [-0.3, -0.25) is 4.90 Å². The molecule has 5 nitrogen and oxygen atoms in total. The highest BCUT2D eigenvalue weighted by Crippen LogP contribution is 2.49. The second kappa shape index (κ2) is 6.71. The Hall–Kier alpha value is -2.60. The highest BCUT2D eigenvalue weighted by atomic mass is 79.9. The van der Waals surface area contributed by atoms with E-state index in [2.05, 4.69) is 62.3 Å². The molecule has 30 heavy (non-hydrogen) atoms. The van der Waals surface area contributed by atoms with Crippen LogP contribution in [0.25, 0.3) is 22.4 Å². The summed E-state index contributed by atoms with van der Waals surface area (Å²) in [4.78, 5) is 21.5. The highest BCUT2D eigenvalue weighted by Gasteiger charge is 2.50. The van der Waals surface area contributed by atoms with E-state index in [0.29, 0.717) is 5.92 Å². The minimum Gasteiger partial charge on any atom is -0.465 e. The van der Waals surface area contributed by atoms with Crippen molar-refractivity contribution in [2.24, 2.45) is 5.92 Å². The molecule has 3 atom stereocenters. The number of piperidine rings is 1. The number of halogens is 1. The molecule has 1 saturated heterocycles. The number of carboxylic acid groups (broad SMARTS) is 1. The van der Waals surface area contributed by atoms with Crippen molar-refractivity contribution in [1.29, 1.82) is 0 Å². The lowest BCUT2D eigenvalue weighted by molar-refractivity contribution is 0.0992. The summed E-state index contributed by atoms with van der Waals surface area (Å²) in [6, 6.07) is 13.1. The van der Waals surface area contributed by atoms with Crippen molar-refractivity contribution in [3.63, 3.8) is 0 Å². The maximum absolute atomic E-state index is 11.8. The second-order valence-corrected chi connectivity index (χ2v) is 9.63. The molecular formula is C24H22BrN3O2. The molecule has 3 aromatic rings. The fourth-order valence-electron chi connectivity index (χ4n) is 5.78. The molecule has 1 amide bonds. The molecule has 152 valence electrons. The predicted octanol–water partition coefficient (Wildman–Crippen LogP) is 5.81. The number of amides is 1. The summed E-state index contributed by atoms with van der Waals surface area (Å²) < 4.78 is 1.13. The fraction of sp³-hybridized carbons (Fsp3) is 0.333. The van der Waals surface area contributed by atoms with Crippen LogP contribution in [0.2, 0.25) is 0 Å². The number of aryl methyl sites for hydroxylation is 2. The molecule has 1 aromatic heterocycles. The Labute approximate surface area is 183 Å². The maximum Gasteiger partial charge on any atom is 0.408 e. The summed E-state index contributed by atoms with van der Waals surface area (Å²) in [5.41, 5.74) is 7.43. The van der Waals surface area contributed by atoms with Gasteiger partial charge in [0.2, 0.25) is 0 Å². The number of aromatic nitrogens is 2. The molecule has 2 heterocycles. The summed E-state index contributed by atoms with van der Waals surface area (Å²) in [6.45, 7) is 0. The normalized spacial score (nSPS) is 24.0. The number of nitrogens with one attached hydrogen (secondary N) is 1. The molecule has 3 aliphatic rings. The van der Waals surface area contributed by atoms with E-state index >= 15 is 0 Å². The van der Waals surface area contributed by atoms with Crippen LogP contribution in [0, 0.1) is 5.92 Å². The standard InChI is InChI=1S/C24H22BrN3O2/c25-17-5-8-20-14(10-17)2-1-13-9-15(4-7-19(13)20)21-12-26-23(27-21)22-16-3-6-18(11-16)28(22)24(29)30/h4-5,7-10,12,16,18,22H,1-3,6,11H2,(H,26,27)(H,29,30). The van der Waals surface area contributed by atoms with E-state index in [9.17, 15) is 9.90 Å². The van der Waals surface area contributed by atoms with E-state index < -0.39 is 6.09 Å². The lowest BCUT2D eigenvalue weighted by Crippen LogP contribution is -2.39. The Morgan fingerprint density at radius 1 is 1.10 bits per heavy atom. The van der Waals surface area contributed by atoms with Crippen molar-refractivity contribution in [3.8, 4) is 22.4 Å². The average molecular weight is 464 g/mol. The molecule has 1 saturated carbocycles. The summed E-state index contributed by atoms with van der Waals surface area (Å²) in [7, 11) is 0. The lowest BCUT2D eigenvalue weighted by Gasteiger charge is -2.31. The smallest absolute Gasteiger partial charge is 0.408 e. The average Bonchev–Trinajstić information content (AvgIpc) is 3.48. The van der Waals surface area contributed by atoms with E-state index in [4.69, 9.17) is 0 Å². The molecule has 2 bridgehead atoms. The molecular weight excluding hydrogens is 442 g/mol. The fourth-order valence-corrected chi connectivity index (χ4v) is 6.19. The quantitative estimate of drug-likeness (QED) is 0.503. The SMILES string of the molecule is O=C(O)N1C2CCC(C2)C1c1ncc(-c2ccc3c(c2)CCc2cc(Br)ccc2-3)[nH]1. The Bertz CT molecular complexity index is 1170. The molecule has 1 aliphatic heterocycles. The zero-order valence-electron chi connectivity index (χ0n) is 16.4. The number of hydrogen-bond donors (Lipinski definition) is 2. The van der Waals surface area contributed by atoms with Crippen LogP contribution in [-0.4, -0.2) is 32.1 Å². The summed E-state index contributed by atoms with van der Waals surface area (Å²) in [5.74, 6) is 1.16. The minimum absolute atomic E-state index is 0.141. The van der Waals surface area contributed by atoms with Gasteiger partial charge in [-0.05, 0) is 84.0 Å². The summed E-state index contributed by atoms with van der Waals surface area (Å²) in [6.07, 6.45) is 6.11. The number of aromatic amines is 1. The van der Waals surface area contributed by atoms with Crippen LogP contribution >= 0.6 is 15.9 Å². The Balaban J connectivity index is 1.33. The van der Waals surface area contributed by atoms with Crippen LogP contribution in [0.4, 0.5) is 4.79 Å². The Kier molecular flexibility index (Phi) is 4.07. The zero-order valence-corrected chi connectivity index (χ0v) is 18.0. The Morgan fingerprint density at radius 3 is 2.67 bits per heavy atom. The van der Waals surface area contributed by atoms with Crippen LogP contribution in [-0.2, 0) is 12.8 Å². The van der Waals surface area contributed by atoms with Gasteiger partial charge in [-0.15, -0.1) is 0 Å². The largest absolute Gasteiger partial charge is 0.465 e. The molecule has 2 aliphatic carbocycles. The third-order valence-electron chi connectivity index (χ3n) is 7.12. The maximum atomic E-state index is 11.8. The molecule has 6 heteroatoms. The van der Waals surface area contributed by atoms with Crippen molar-refractivity contribution in [2.75, 3.05) is 0 Å². The van der Waals surface area contributed by atoms with Gasteiger partial charge in [0, 0.05) is 10.5 Å². The second-order valence-electron chi connectivity index (χ2n) is 8.72. The number of hydrogen-bond acceptors (Lipinski definition) is 2. The summed E-state index contributed by atoms with van der Waals surface area (Å²) >= 11 is 3.58. The van der Waals surface area contributed by atoms with Gasteiger partial charge in [0.25, 0.3) is 0 Å². The van der Waals surface area contributed by atoms with Crippen molar-refractivity contribution >= 4 is 22.0 Å². The number of imidazole rings is 1. The number of benzene rings is 2. The summed E-state index contributed by atoms with van der Waals surface area (Å²) in [5, 5.41) is 9.70. The van der Waals surface area contributed by atoms with E-state index in [1.165, 1.54) is 22.3 Å². The Morgan fingerprint density at radius 2 is 1.87 bits per heavy atom. The third-order valence-corrected chi connectivity index (χ3v) is 7.61. The van der Waals surface area contributed by atoms with Crippen molar-refractivity contribution in [3.05, 3.63) is 64.0 Å². The molecule has 0 radical (unpaired) electrons. The topological polar surface area (TPSA) is 69.2 Å². The van der Waals surface area contributed by atoms with Gasteiger partial charge in [-0.1, -0.05) is 34.1 Å². The van der Waals surface area contributed by atoms with Crippen molar-refractivity contribution < 1.29 is 9.90 Å². The first-order valence-electron chi connectivity index (χ1n) is 10.6. The predicted molar refractivity (Wildman–Crippen MR) is 118 cm³/mol. The number of rotatable bonds is 2. The number of likely N-dealkylation sites (tertiary alicyclic amines) is 1. The van der Waals surface area contributed by atoms with Crippen LogP contribution in [0.3, 0.4) is 0 Å². The lowest BCUT2D eigenvalue weighted by atomic mass is 9.84. The van der Waals surface area contributed by atoms with Crippen LogP contribution in [0.5, 0.6) is 0 Å². The van der Waals surface area contributed by atoms with E-state index in [-0.39, 0.29) is 12.1 Å². The van der Waals surface area contributed by atoms with Gasteiger partial charge in [0.15, 0.2) is 0 Å². The van der Waals surface area contributed by atoms with Gasteiger partial charge < -0.3 is 10.1 Å². The van der Waals surface area contributed by atoms with Crippen LogP contribution in [0.15, 0.2) is 47.1 Å². The van der Waals surface area contributed by atoms with Gasteiger partial charge in [-0.25, -0.2) is 9.78 Å². The highest BCUT2D eigenvalue weighted by molar-refractivity contribution is 9.10. The van der Waals surface area contributed by atoms with E-state index in [0.717, 1.165) is 53.7 Å². The van der Waals surface area contributed by atoms with Gasteiger partial charge in [0.05, 0.1) is 17.9 Å². The number of fused-ring (bicyclic) bond motifs is 5. The van der Waals surface area contributed by atoms with E-state index in [1.807, 2.05) is 6.20 Å². The monoisotopic (exact) mass is 463 g/mol. The van der Waals surface area contributed by atoms with Gasteiger partial charge in [-0.2, -0.15) is 0 Å². The molecule has 3 unspecified atom stereocenters. The number of H-pyrrole nitrogens is 1. The van der Waals surface area contributed by atoms with Gasteiger partial charge in [0.1, 0.15) is 5.82 Å². The van der Waals surface area contributed by atoms with Gasteiger partial charge >= 0.3 is 6.09 Å². The molecule has 6 rings (SSSR count). The minimum atomic E-state index is -0.829. The van der Waals surface area contributed by atoms with E-state index in [1.54, 1.807) is 4.90 Å². The van der Waals surface area contributed by atoms with Crippen molar-refractivity contribution in [1.82, 2.24) is 14.9 Å².